The standard InChI is InChI=1S/C16H16O2.C10H11Br/c1-2-16(17)14-8-10-15(11-9-14)18-12-13-6-4-3-5-7-13;1-3-5-9-8(2)6-4-7-10(9)11/h3-11H,2,12H2,1H3;4-7H,2-3H2,1H3/b;9-5+. The fraction of sp³-hybridized carbons (Fsp3) is 0.192. The van der Waals surface area contributed by atoms with Gasteiger partial charge in [-0.2, -0.15) is 0 Å². The maximum absolute atomic E-state index is 11.5. The largest absolute Gasteiger partial charge is 0.489 e. The molecule has 3 aromatic carbocycles. The molecule has 0 N–H and O–H groups in total. The highest BCUT2D eigenvalue weighted by Crippen LogP contribution is 2.15. The third-order valence-corrected chi connectivity index (χ3v) is 4.99. The lowest BCUT2D eigenvalue weighted by atomic mass is 10.1. The van der Waals surface area contributed by atoms with Crippen LogP contribution >= 0.6 is 15.9 Å². The molecule has 0 amide bonds. The van der Waals surface area contributed by atoms with Gasteiger partial charge in [0.05, 0.1) is 0 Å². The molecule has 3 aromatic rings. The maximum Gasteiger partial charge on any atom is 0.162 e. The number of Topliss-reactive ketones (excluding diaryl/α,β-unsaturated/α-hetero) is 1. The lowest BCUT2D eigenvalue weighted by Crippen LogP contribution is -2.23. The molecule has 0 fully saturated rings. The van der Waals surface area contributed by atoms with Crippen LogP contribution in [0.25, 0.3) is 12.7 Å². The summed E-state index contributed by atoms with van der Waals surface area (Å²) in [6.07, 6.45) is 3.75. The van der Waals surface area contributed by atoms with E-state index in [9.17, 15) is 4.79 Å². The Hall–Kier alpha value is -2.65. The van der Waals surface area contributed by atoms with Gasteiger partial charge in [0.1, 0.15) is 12.4 Å². The molecular formula is C26H27BrO2. The highest BCUT2D eigenvalue weighted by atomic mass is 79.9. The van der Waals surface area contributed by atoms with Gasteiger partial charge in [0, 0.05) is 16.5 Å². The van der Waals surface area contributed by atoms with E-state index in [-0.39, 0.29) is 5.78 Å². The highest BCUT2D eigenvalue weighted by Gasteiger charge is 2.02. The highest BCUT2D eigenvalue weighted by molar-refractivity contribution is 9.10. The first kappa shape index (κ1) is 22.6. The van der Waals surface area contributed by atoms with Crippen LogP contribution in [0.1, 0.15) is 42.6 Å². The molecule has 29 heavy (non-hydrogen) atoms. The molecule has 0 heterocycles. The summed E-state index contributed by atoms with van der Waals surface area (Å²) in [5, 5.41) is 2.30. The molecule has 0 saturated heterocycles. The quantitative estimate of drug-likeness (QED) is 0.436. The summed E-state index contributed by atoms with van der Waals surface area (Å²) < 4.78 is 6.78. The molecule has 0 saturated carbocycles. The number of hydrogen-bond donors (Lipinski definition) is 0. The zero-order chi connectivity index (χ0) is 21.1. The van der Waals surface area contributed by atoms with E-state index in [0.29, 0.717) is 13.0 Å². The number of benzene rings is 3. The molecule has 0 bridgehead atoms. The lowest BCUT2D eigenvalue weighted by molar-refractivity contribution is 0.0988. The molecule has 3 heteroatoms. The predicted molar refractivity (Wildman–Crippen MR) is 126 cm³/mol. The van der Waals surface area contributed by atoms with Crippen LogP contribution < -0.4 is 15.2 Å². The van der Waals surface area contributed by atoms with Crippen molar-refractivity contribution in [1.29, 1.82) is 0 Å². The van der Waals surface area contributed by atoms with Crippen molar-refractivity contribution in [2.45, 2.75) is 33.3 Å². The van der Waals surface area contributed by atoms with Crippen molar-refractivity contribution in [2.75, 3.05) is 0 Å². The topological polar surface area (TPSA) is 26.3 Å². The number of carbonyl (C=O) groups excluding carboxylic acids is 1. The van der Waals surface area contributed by atoms with E-state index in [1.165, 1.54) is 5.22 Å². The van der Waals surface area contributed by atoms with Crippen molar-refractivity contribution in [1.82, 2.24) is 0 Å². The Balaban J connectivity index is 0.000000234. The van der Waals surface area contributed by atoms with Gasteiger partial charge in [-0.3, -0.25) is 4.79 Å². The second kappa shape index (κ2) is 12.0. The fourth-order valence-electron chi connectivity index (χ4n) is 2.70. The molecule has 2 nitrogen and oxygen atoms in total. The summed E-state index contributed by atoms with van der Waals surface area (Å²) in [6, 6.07) is 23.4. The van der Waals surface area contributed by atoms with Gasteiger partial charge in [-0.25, -0.2) is 0 Å². The minimum absolute atomic E-state index is 0.157. The van der Waals surface area contributed by atoms with Crippen molar-refractivity contribution in [2.24, 2.45) is 0 Å². The number of halogens is 1. The van der Waals surface area contributed by atoms with Crippen LogP contribution in [0.2, 0.25) is 0 Å². The van der Waals surface area contributed by atoms with Crippen molar-refractivity contribution < 1.29 is 9.53 Å². The smallest absolute Gasteiger partial charge is 0.162 e. The van der Waals surface area contributed by atoms with Crippen LogP contribution in [-0.2, 0) is 6.61 Å². The average Bonchev–Trinajstić information content (AvgIpc) is 2.76. The molecule has 0 spiro atoms. The van der Waals surface area contributed by atoms with Crippen molar-refractivity contribution in [3.05, 3.63) is 98.8 Å². The minimum Gasteiger partial charge on any atom is -0.489 e. The van der Waals surface area contributed by atoms with Gasteiger partial charge in [0.2, 0.25) is 0 Å². The fourth-order valence-corrected chi connectivity index (χ4v) is 3.27. The van der Waals surface area contributed by atoms with E-state index in [0.717, 1.165) is 33.0 Å². The zero-order valence-corrected chi connectivity index (χ0v) is 18.6. The average molecular weight is 451 g/mol. The van der Waals surface area contributed by atoms with Crippen molar-refractivity contribution in [3.63, 3.8) is 0 Å². The number of ether oxygens (including phenoxy) is 1. The molecule has 0 unspecified atom stereocenters. The van der Waals surface area contributed by atoms with Gasteiger partial charge in [0.15, 0.2) is 5.78 Å². The third kappa shape index (κ3) is 7.35. The molecule has 0 radical (unpaired) electrons. The monoisotopic (exact) mass is 450 g/mol. The van der Waals surface area contributed by atoms with Gasteiger partial charge >= 0.3 is 0 Å². The number of rotatable bonds is 6. The van der Waals surface area contributed by atoms with E-state index >= 15 is 0 Å². The summed E-state index contributed by atoms with van der Waals surface area (Å²) in [4.78, 5) is 11.5. The first-order valence-electron chi connectivity index (χ1n) is 9.78. The van der Waals surface area contributed by atoms with Crippen LogP contribution in [0.3, 0.4) is 0 Å². The van der Waals surface area contributed by atoms with E-state index in [1.54, 1.807) is 0 Å². The molecule has 150 valence electrons. The summed E-state index contributed by atoms with van der Waals surface area (Å²) in [7, 11) is 0. The van der Waals surface area contributed by atoms with Gasteiger partial charge < -0.3 is 4.74 Å². The van der Waals surface area contributed by atoms with Gasteiger partial charge in [-0.1, -0.05) is 84.9 Å². The van der Waals surface area contributed by atoms with E-state index < -0.39 is 0 Å². The SMILES string of the molecule is C=c1cccc(Br)/c1=C/CC.CCC(=O)c1ccc(OCc2ccccc2)cc1. The number of carbonyl (C=O) groups is 1. The molecule has 0 aliphatic rings. The summed E-state index contributed by atoms with van der Waals surface area (Å²) >= 11 is 3.48. The Morgan fingerprint density at radius 3 is 2.24 bits per heavy atom. The Morgan fingerprint density at radius 1 is 0.966 bits per heavy atom. The normalized spacial score (nSPS) is 10.8. The molecule has 0 aromatic heterocycles. The molecule has 0 aliphatic heterocycles. The van der Waals surface area contributed by atoms with E-state index in [2.05, 4.69) is 35.5 Å². The van der Waals surface area contributed by atoms with Gasteiger partial charge in [-0.15, -0.1) is 0 Å². The van der Waals surface area contributed by atoms with E-state index in [4.69, 9.17) is 4.74 Å². The van der Waals surface area contributed by atoms with Crippen molar-refractivity contribution in [3.8, 4) is 5.75 Å². The Bertz CT molecular complexity index is 1010. The summed E-state index contributed by atoms with van der Waals surface area (Å²) in [5.41, 5.74) is 1.87. The van der Waals surface area contributed by atoms with Crippen molar-refractivity contribution >= 4 is 34.4 Å². The van der Waals surface area contributed by atoms with Crippen LogP contribution in [0.15, 0.2) is 77.3 Å². The summed E-state index contributed by atoms with van der Waals surface area (Å²) in [5.74, 6) is 0.941. The molecular weight excluding hydrogens is 424 g/mol. The zero-order valence-electron chi connectivity index (χ0n) is 17.0. The predicted octanol–water partition coefficient (Wildman–Crippen LogP) is 5.91. The van der Waals surface area contributed by atoms with Crippen LogP contribution in [-0.4, -0.2) is 5.78 Å². The van der Waals surface area contributed by atoms with Crippen LogP contribution in [0.4, 0.5) is 0 Å². The first-order chi connectivity index (χ1) is 14.0. The second-order valence-electron chi connectivity index (χ2n) is 6.50. The first-order valence-corrected chi connectivity index (χ1v) is 10.6. The van der Waals surface area contributed by atoms with E-state index in [1.807, 2.05) is 79.7 Å². The van der Waals surface area contributed by atoms with Crippen LogP contribution in [0.5, 0.6) is 5.75 Å². The Labute approximate surface area is 181 Å². The lowest BCUT2D eigenvalue weighted by Gasteiger charge is -2.06. The third-order valence-electron chi connectivity index (χ3n) is 4.30. The molecule has 0 atom stereocenters. The minimum atomic E-state index is 0.157. The second-order valence-corrected chi connectivity index (χ2v) is 7.35. The Kier molecular flexibility index (Phi) is 9.39. The van der Waals surface area contributed by atoms with Gasteiger partial charge in [-0.05, 0) is 52.8 Å². The number of ketones is 1. The van der Waals surface area contributed by atoms with Gasteiger partial charge in [0.25, 0.3) is 0 Å². The van der Waals surface area contributed by atoms with Crippen LogP contribution in [0, 0.1) is 0 Å². The summed E-state index contributed by atoms with van der Waals surface area (Å²) in [6.45, 7) is 8.47. The maximum atomic E-state index is 11.5. The number of hydrogen-bond acceptors (Lipinski definition) is 2. The molecule has 3 rings (SSSR count). The molecule has 0 aliphatic carbocycles. The Morgan fingerprint density at radius 2 is 1.66 bits per heavy atom.